The molecular formula is C12H16BrClN2O. The van der Waals surface area contributed by atoms with Crippen LogP contribution in [0.2, 0.25) is 0 Å². The lowest BCUT2D eigenvalue weighted by molar-refractivity contribution is -0.120. The third-order valence-corrected chi connectivity index (χ3v) is 3.26. The van der Waals surface area contributed by atoms with Crippen molar-refractivity contribution in [2.45, 2.75) is 6.42 Å². The molecule has 0 aliphatic carbocycles. The van der Waals surface area contributed by atoms with Crippen molar-refractivity contribution in [2.75, 3.05) is 19.6 Å². The Kier molecular flexibility index (Phi) is 5.95. The van der Waals surface area contributed by atoms with Crippen molar-refractivity contribution in [1.29, 1.82) is 0 Å². The van der Waals surface area contributed by atoms with Crippen LogP contribution in [0.1, 0.15) is 5.56 Å². The molecule has 1 aromatic rings. The van der Waals surface area contributed by atoms with Gasteiger partial charge in [-0.05, 0) is 17.7 Å². The molecule has 5 heteroatoms. The van der Waals surface area contributed by atoms with Gasteiger partial charge in [-0.2, -0.15) is 0 Å². The first-order valence-electron chi connectivity index (χ1n) is 5.46. The van der Waals surface area contributed by atoms with Gasteiger partial charge in [-0.3, -0.25) is 4.79 Å². The first kappa shape index (κ1) is 14.5. The third-order valence-electron chi connectivity index (χ3n) is 2.73. The molecule has 17 heavy (non-hydrogen) atoms. The van der Waals surface area contributed by atoms with Gasteiger partial charge in [-0.15, -0.1) is 12.4 Å². The van der Waals surface area contributed by atoms with Gasteiger partial charge in [0.2, 0.25) is 5.91 Å². The number of halogens is 2. The maximum Gasteiger partial charge on any atom is 0.224 e. The number of carbonyl (C=O) groups excluding carboxylic acids is 1. The lowest BCUT2D eigenvalue weighted by atomic mass is 10.0. The molecule has 1 amide bonds. The highest BCUT2D eigenvalue weighted by molar-refractivity contribution is 9.10. The molecule has 2 N–H and O–H groups in total. The Labute approximate surface area is 116 Å². The molecule has 0 atom stereocenters. The van der Waals surface area contributed by atoms with Crippen LogP contribution < -0.4 is 10.6 Å². The van der Waals surface area contributed by atoms with E-state index in [4.69, 9.17) is 0 Å². The molecule has 3 nitrogen and oxygen atoms in total. The first-order valence-corrected chi connectivity index (χ1v) is 6.25. The predicted molar refractivity (Wildman–Crippen MR) is 74.5 cm³/mol. The average molecular weight is 320 g/mol. The molecule has 0 unspecified atom stereocenters. The quantitative estimate of drug-likeness (QED) is 0.888. The van der Waals surface area contributed by atoms with Gasteiger partial charge in [0.05, 0.1) is 6.42 Å². The predicted octanol–water partition coefficient (Wildman–Crippen LogP) is 1.75. The second-order valence-electron chi connectivity index (χ2n) is 4.13. The largest absolute Gasteiger partial charge is 0.355 e. The first-order chi connectivity index (χ1) is 7.74. The number of hydrogen-bond donors (Lipinski definition) is 2. The van der Waals surface area contributed by atoms with Crippen molar-refractivity contribution in [3.8, 4) is 0 Å². The molecule has 94 valence electrons. The fourth-order valence-electron chi connectivity index (χ4n) is 1.60. The van der Waals surface area contributed by atoms with Crippen molar-refractivity contribution in [3.05, 3.63) is 34.3 Å². The highest BCUT2D eigenvalue weighted by atomic mass is 79.9. The second kappa shape index (κ2) is 6.99. The van der Waals surface area contributed by atoms with Crippen LogP contribution >= 0.6 is 28.3 Å². The minimum atomic E-state index is 0. The van der Waals surface area contributed by atoms with E-state index in [0.29, 0.717) is 12.3 Å². The highest BCUT2D eigenvalue weighted by Gasteiger charge is 2.16. The summed E-state index contributed by atoms with van der Waals surface area (Å²) in [7, 11) is 0. The number of benzene rings is 1. The van der Waals surface area contributed by atoms with Crippen molar-refractivity contribution < 1.29 is 4.79 Å². The van der Waals surface area contributed by atoms with Crippen LogP contribution in [0.15, 0.2) is 28.7 Å². The fourth-order valence-corrected chi connectivity index (χ4v) is 1.87. The zero-order valence-electron chi connectivity index (χ0n) is 9.41. The number of nitrogens with one attached hydrogen (secondary N) is 2. The monoisotopic (exact) mass is 318 g/mol. The van der Waals surface area contributed by atoms with E-state index in [-0.39, 0.29) is 18.3 Å². The topological polar surface area (TPSA) is 41.1 Å². The fraction of sp³-hybridized carbons (Fsp3) is 0.417. The van der Waals surface area contributed by atoms with Crippen LogP contribution in [0.3, 0.4) is 0 Å². The van der Waals surface area contributed by atoms with Gasteiger partial charge in [0.25, 0.3) is 0 Å². The van der Waals surface area contributed by atoms with Crippen molar-refractivity contribution in [2.24, 2.45) is 5.92 Å². The summed E-state index contributed by atoms with van der Waals surface area (Å²) in [5.41, 5.74) is 1.05. The smallest absolute Gasteiger partial charge is 0.224 e. The van der Waals surface area contributed by atoms with Crippen LogP contribution in [-0.2, 0) is 11.2 Å². The molecule has 0 bridgehead atoms. The van der Waals surface area contributed by atoms with Gasteiger partial charge in [0, 0.05) is 30.0 Å². The summed E-state index contributed by atoms with van der Waals surface area (Å²) >= 11 is 3.37. The Morgan fingerprint density at radius 2 is 2.00 bits per heavy atom. The summed E-state index contributed by atoms with van der Waals surface area (Å²) in [6.45, 7) is 2.85. The van der Waals surface area contributed by atoms with E-state index < -0.39 is 0 Å². The Morgan fingerprint density at radius 1 is 1.35 bits per heavy atom. The molecule has 1 aliphatic rings. The van der Waals surface area contributed by atoms with Crippen molar-refractivity contribution >= 4 is 34.2 Å². The van der Waals surface area contributed by atoms with Gasteiger partial charge in [-0.25, -0.2) is 0 Å². The van der Waals surface area contributed by atoms with E-state index in [1.54, 1.807) is 0 Å². The molecule has 0 radical (unpaired) electrons. The van der Waals surface area contributed by atoms with Crippen LogP contribution in [0, 0.1) is 5.92 Å². The van der Waals surface area contributed by atoms with Crippen LogP contribution in [0.5, 0.6) is 0 Å². The lowest BCUT2D eigenvalue weighted by Gasteiger charge is -2.27. The van der Waals surface area contributed by atoms with Gasteiger partial charge >= 0.3 is 0 Å². The molecule has 1 saturated heterocycles. The Morgan fingerprint density at radius 3 is 2.53 bits per heavy atom. The highest BCUT2D eigenvalue weighted by Crippen LogP contribution is 2.10. The minimum absolute atomic E-state index is 0. The standard InChI is InChI=1S/C12H15BrN2O.ClH/c13-11-3-1-9(2-4-11)5-12(16)15-8-10-6-14-7-10;/h1-4,10,14H,5-8H2,(H,15,16);1H. The molecule has 0 spiro atoms. The van der Waals surface area contributed by atoms with E-state index in [1.807, 2.05) is 24.3 Å². The van der Waals surface area contributed by atoms with Gasteiger partial charge < -0.3 is 10.6 Å². The maximum absolute atomic E-state index is 11.6. The van der Waals surface area contributed by atoms with Crippen LogP contribution in [0.4, 0.5) is 0 Å². The molecule has 0 aromatic heterocycles. The molecule has 1 fully saturated rings. The summed E-state index contributed by atoms with van der Waals surface area (Å²) in [6.07, 6.45) is 0.466. The SMILES string of the molecule is Cl.O=C(Cc1ccc(Br)cc1)NCC1CNC1. The van der Waals surface area contributed by atoms with Gasteiger partial charge in [0.15, 0.2) is 0 Å². The molecular weight excluding hydrogens is 304 g/mol. The summed E-state index contributed by atoms with van der Waals surface area (Å²) < 4.78 is 1.04. The maximum atomic E-state index is 11.6. The number of carbonyl (C=O) groups is 1. The van der Waals surface area contributed by atoms with Crippen molar-refractivity contribution in [1.82, 2.24) is 10.6 Å². The number of amides is 1. The number of hydrogen-bond acceptors (Lipinski definition) is 2. The second-order valence-corrected chi connectivity index (χ2v) is 5.05. The average Bonchev–Trinajstić information content (AvgIpc) is 2.19. The number of rotatable bonds is 4. The summed E-state index contributed by atoms with van der Waals surface area (Å²) in [5.74, 6) is 0.725. The molecule has 1 aromatic carbocycles. The van der Waals surface area contributed by atoms with E-state index in [1.165, 1.54) is 0 Å². The molecule has 1 aliphatic heterocycles. The molecule has 2 rings (SSSR count). The summed E-state index contributed by atoms with van der Waals surface area (Å²) in [6, 6.07) is 7.85. The minimum Gasteiger partial charge on any atom is -0.355 e. The van der Waals surface area contributed by atoms with E-state index in [9.17, 15) is 4.79 Å². The Bertz CT molecular complexity index is 365. The third kappa shape index (κ3) is 4.66. The van der Waals surface area contributed by atoms with E-state index in [0.717, 1.165) is 29.7 Å². The Hall–Kier alpha value is -0.580. The van der Waals surface area contributed by atoms with E-state index >= 15 is 0 Å². The van der Waals surface area contributed by atoms with Gasteiger partial charge in [0.1, 0.15) is 0 Å². The zero-order valence-corrected chi connectivity index (χ0v) is 11.8. The molecule has 1 heterocycles. The zero-order chi connectivity index (χ0) is 11.4. The normalized spacial score (nSPS) is 14.6. The van der Waals surface area contributed by atoms with Crippen molar-refractivity contribution in [3.63, 3.8) is 0 Å². The molecule has 0 saturated carbocycles. The van der Waals surface area contributed by atoms with Crippen LogP contribution in [0.25, 0.3) is 0 Å². The Balaban J connectivity index is 0.00000144. The van der Waals surface area contributed by atoms with Crippen LogP contribution in [-0.4, -0.2) is 25.5 Å². The summed E-state index contributed by atoms with van der Waals surface area (Å²) in [5, 5.41) is 6.14. The van der Waals surface area contributed by atoms with Gasteiger partial charge in [-0.1, -0.05) is 28.1 Å². The van der Waals surface area contributed by atoms with E-state index in [2.05, 4.69) is 26.6 Å². The lowest BCUT2D eigenvalue weighted by Crippen LogP contribution is -2.48. The summed E-state index contributed by atoms with van der Waals surface area (Å²) in [4.78, 5) is 11.6.